The molecule has 1 aliphatic rings. The first-order valence-corrected chi connectivity index (χ1v) is 14.6. The number of benzene rings is 1. The number of ether oxygens (including phenoxy) is 2. The van der Waals surface area contributed by atoms with Crippen LogP contribution in [-0.2, 0) is 27.2 Å². The number of amides is 3. The van der Waals surface area contributed by atoms with Crippen LogP contribution in [-0.4, -0.2) is 76.9 Å². The second kappa shape index (κ2) is 12.4. The van der Waals surface area contributed by atoms with Crippen LogP contribution in [0.25, 0.3) is 26.9 Å². The van der Waals surface area contributed by atoms with Gasteiger partial charge in [0.15, 0.2) is 0 Å². The van der Waals surface area contributed by atoms with E-state index in [4.69, 9.17) is 14.5 Å². The van der Waals surface area contributed by atoms with E-state index in [1.54, 1.807) is 34.0 Å². The fraction of sp³-hybridized carbons (Fsp3) is 0.429. The molecule has 1 aromatic carbocycles. The molecule has 0 radical (unpaired) electrons. The molecule has 12 heteroatoms. The maximum absolute atomic E-state index is 13.2. The molecule has 4 rings (SSSR count). The Morgan fingerprint density at radius 3 is 2.70 bits per heavy atom. The van der Waals surface area contributed by atoms with Gasteiger partial charge in [-0.05, 0) is 38.8 Å². The van der Waals surface area contributed by atoms with E-state index in [2.05, 4.69) is 11.9 Å². The molecule has 0 unspecified atom stereocenters. The Bertz CT molecular complexity index is 1420. The molecule has 0 atom stereocenters. The average molecular weight is 587 g/mol. The number of carboxylic acid groups (broad SMARTS) is 1. The van der Waals surface area contributed by atoms with Crippen molar-refractivity contribution in [3.8, 4) is 10.6 Å². The minimum atomic E-state index is -0.972. The Balaban J connectivity index is 1.61. The summed E-state index contributed by atoms with van der Waals surface area (Å²) < 4.78 is 11.6. The van der Waals surface area contributed by atoms with Crippen molar-refractivity contribution in [3.63, 3.8) is 0 Å². The van der Waals surface area contributed by atoms with E-state index in [1.807, 2.05) is 18.2 Å². The lowest BCUT2D eigenvalue weighted by Crippen LogP contribution is -2.40. The average Bonchev–Trinajstić information content (AvgIpc) is 3.47. The number of aromatic nitrogens is 1. The van der Waals surface area contributed by atoms with Crippen LogP contribution in [0, 0.1) is 0 Å². The standard InChI is InChI=1S/C28H34N4O6S2/c1-6-17-8-7-9-19-23(17)30-25(39-19)22-18-10-12-32(26(34)35)16-20(18)40-24(22)29-21(33)11-13-31(14-15-37-5)27(36)38-28(2,3)4/h6-9H,1,10-16H2,2-5H3,(H,29,33)(H,34,35). The summed E-state index contributed by atoms with van der Waals surface area (Å²) in [6.07, 6.45) is 0.859. The summed E-state index contributed by atoms with van der Waals surface area (Å²) in [5.41, 5.74) is 2.93. The molecule has 2 N–H and O–H groups in total. The fourth-order valence-electron chi connectivity index (χ4n) is 4.37. The van der Waals surface area contributed by atoms with Crippen LogP contribution in [0.1, 0.15) is 43.2 Å². The predicted octanol–water partition coefficient (Wildman–Crippen LogP) is 5.92. The van der Waals surface area contributed by atoms with Crippen molar-refractivity contribution in [1.82, 2.24) is 14.8 Å². The Labute approximate surface area is 241 Å². The van der Waals surface area contributed by atoms with Crippen LogP contribution in [0.3, 0.4) is 0 Å². The Morgan fingerprint density at radius 1 is 1.25 bits per heavy atom. The molecule has 3 heterocycles. The monoisotopic (exact) mass is 586 g/mol. The van der Waals surface area contributed by atoms with Gasteiger partial charge in [-0.1, -0.05) is 24.8 Å². The number of thiazole rings is 1. The lowest BCUT2D eigenvalue weighted by Gasteiger charge is -2.27. The molecule has 10 nitrogen and oxygen atoms in total. The molecule has 2 aromatic heterocycles. The second-order valence-corrected chi connectivity index (χ2v) is 12.5. The third-order valence-electron chi connectivity index (χ3n) is 6.29. The summed E-state index contributed by atoms with van der Waals surface area (Å²) >= 11 is 2.90. The predicted molar refractivity (Wildman–Crippen MR) is 158 cm³/mol. The van der Waals surface area contributed by atoms with E-state index < -0.39 is 17.8 Å². The fourth-order valence-corrected chi connectivity index (χ4v) is 6.80. The number of anilines is 1. The van der Waals surface area contributed by atoms with Crippen molar-refractivity contribution in [2.75, 3.05) is 38.7 Å². The van der Waals surface area contributed by atoms with Gasteiger partial charge in [-0.2, -0.15) is 0 Å². The van der Waals surface area contributed by atoms with E-state index in [-0.39, 0.29) is 25.4 Å². The Hall–Kier alpha value is -3.48. The van der Waals surface area contributed by atoms with Crippen molar-refractivity contribution in [1.29, 1.82) is 0 Å². The lowest BCUT2D eigenvalue weighted by atomic mass is 10.0. The van der Waals surface area contributed by atoms with Gasteiger partial charge in [0.2, 0.25) is 5.91 Å². The van der Waals surface area contributed by atoms with Gasteiger partial charge < -0.3 is 29.7 Å². The van der Waals surface area contributed by atoms with E-state index in [9.17, 15) is 19.5 Å². The van der Waals surface area contributed by atoms with Gasteiger partial charge in [-0.3, -0.25) is 4.79 Å². The van der Waals surface area contributed by atoms with Crippen LogP contribution in [0.2, 0.25) is 0 Å². The van der Waals surface area contributed by atoms with E-state index in [0.717, 1.165) is 36.8 Å². The molecule has 1 aliphatic heterocycles. The zero-order valence-corrected chi connectivity index (χ0v) is 24.7. The number of nitrogens with zero attached hydrogens (tertiary/aromatic N) is 3. The molecule has 0 bridgehead atoms. The molecule has 0 aliphatic carbocycles. The molecule has 40 heavy (non-hydrogen) atoms. The SMILES string of the molecule is C=Cc1cccc2sc(-c3c(NC(=O)CCN(CCOC)C(=O)OC(C)(C)C)sc4c3CCN(C(=O)O)C4)nc12. The minimum Gasteiger partial charge on any atom is -0.465 e. The van der Waals surface area contributed by atoms with Crippen molar-refractivity contribution >= 4 is 62.1 Å². The molecule has 214 valence electrons. The summed E-state index contributed by atoms with van der Waals surface area (Å²) in [6, 6.07) is 5.91. The molecular formula is C28H34N4O6S2. The highest BCUT2D eigenvalue weighted by Gasteiger charge is 2.30. The van der Waals surface area contributed by atoms with Crippen molar-refractivity contribution < 1.29 is 29.0 Å². The molecule has 0 spiro atoms. The van der Waals surface area contributed by atoms with Gasteiger partial charge in [0.05, 0.1) is 23.4 Å². The minimum absolute atomic E-state index is 0.0483. The number of hydrogen-bond acceptors (Lipinski definition) is 8. The molecule has 3 aromatic rings. The largest absolute Gasteiger partial charge is 0.465 e. The molecule has 3 amide bonds. The normalized spacial score (nSPS) is 13.2. The van der Waals surface area contributed by atoms with Gasteiger partial charge in [0, 0.05) is 49.2 Å². The summed E-state index contributed by atoms with van der Waals surface area (Å²) in [7, 11) is 1.55. The number of nitrogens with one attached hydrogen (secondary N) is 1. The third-order valence-corrected chi connectivity index (χ3v) is 8.46. The van der Waals surface area contributed by atoms with Crippen LogP contribution in [0.4, 0.5) is 14.6 Å². The van der Waals surface area contributed by atoms with Crippen LogP contribution in [0.5, 0.6) is 0 Å². The highest BCUT2D eigenvalue weighted by Crippen LogP contribution is 2.46. The maximum atomic E-state index is 13.2. The molecular weight excluding hydrogens is 552 g/mol. The van der Waals surface area contributed by atoms with Gasteiger partial charge >= 0.3 is 12.2 Å². The van der Waals surface area contributed by atoms with Crippen molar-refractivity contribution in [2.45, 2.75) is 45.8 Å². The third kappa shape index (κ3) is 6.80. The Kier molecular flexibility index (Phi) is 9.12. The summed E-state index contributed by atoms with van der Waals surface area (Å²) in [5.74, 6) is -0.270. The second-order valence-electron chi connectivity index (χ2n) is 10.3. The van der Waals surface area contributed by atoms with Gasteiger partial charge in [-0.25, -0.2) is 14.6 Å². The first-order chi connectivity index (χ1) is 19.0. The summed E-state index contributed by atoms with van der Waals surface area (Å²) in [5, 5.41) is 14.0. The van der Waals surface area contributed by atoms with Crippen LogP contribution >= 0.6 is 22.7 Å². The number of methoxy groups -OCH3 is 1. The summed E-state index contributed by atoms with van der Waals surface area (Å²) in [6.45, 7) is 10.6. The maximum Gasteiger partial charge on any atom is 0.410 e. The van der Waals surface area contributed by atoms with Crippen LogP contribution < -0.4 is 5.32 Å². The molecule has 0 fully saturated rings. The molecule has 0 saturated carbocycles. The van der Waals surface area contributed by atoms with Gasteiger partial charge in [0.25, 0.3) is 0 Å². The quantitative estimate of drug-likeness (QED) is 0.319. The van der Waals surface area contributed by atoms with Gasteiger partial charge in [-0.15, -0.1) is 22.7 Å². The molecule has 0 saturated heterocycles. The zero-order chi connectivity index (χ0) is 29.0. The smallest absolute Gasteiger partial charge is 0.410 e. The van der Waals surface area contributed by atoms with Gasteiger partial charge in [0.1, 0.15) is 15.6 Å². The van der Waals surface area contributed by atoms with Crippen molar-refractivity contribution in [3.05, 3.63) is 40.8 Å². The zero-order valence-electron chi connectivity index (χ0n) is 23.1. The topological polar surface area (TPSA) is 121 Å². The van der Waals surface area contributed by atoms with Crippen LogP contribution in [0.15, 0.2) is 24.8 Å². The number of rotatable bonds is 9. The highest BCUT2D eigenvalue weighted by atomic mass is 32.1. The van der Waals surface area contributed by atoms with E-state index >= 15 is 0 Å². The number of hydrogen-bond donors (Lipinski definition) is 2. The lowest BCUT2D eigenvalue weighted by molar-refractivity contribution is -0.116. The van der Waals surface area contributed by atoms with E-state index in [0.29, 0.717) is 31.1 Å². The number of fused-ring (bicyclic) bond motifs is 2. The Morgan fingerprint density at radius 2 is 2.02 bits per heavy atom. The number of carbonyl (C=O) groups is 3. The number of carbonyl (C=O) groups excluding carboxylic acids is 2. The van der Waals surface area contributed by atoms with Crippen molar-refractivity contribution in [2.24, 2.45) is 0 Å². The number of para-hydroxylation sites is 1. The van der Waals surface area contributed by atoms with E-state index in [1.165, 1.54) is 32.5 Å². The summed E-state index contributed by atoms with van der Waals surface area (Å²) in [4.78, 5) is 46.2. The number of thiophene rings is 1. The highest BCUT2D eigenvalue weighted by molar-refractivity contribution is 7.23. The first kappa shape index (κ1) is 29.5. The first-order valence-electron chi connectivity index (χ1n) is 12.9.